The van der Waals surface area contributed by atoms with Crippen molar-refractivity contribution < 1.29 is 4.79 Å². The van der Waals surface area contributed by atoms with Crippen molar-refractivity contribution in [3.05, 3.63) is 35.4 Å². The summed E-state index contributed by atoms with van der Waals surface area (Å²) in [6.45, 7) is 4.87. The lowest BCUT2D eigenvalue weighted by molar-refractivity contribution is -0.126. The van der Waals surface area contributed by atoms with E-state index in [1.807, 2.05) is 19.1 Å². The molecule has 0 radical (unpaired) electrons. The SMILES string of the molecule is CC1CCC(C(=O)NC(C)c2ccc(CN)cc2)CC1. The van der Waals surface area contributed by atoms with Crippen molar-refractivity contribution in [2.45, 2.75) is 52.1 Å². The van der Waals surface area contributed by atoms with E-state index in [0.717, 1.165) is 29.9 Å². The minimum atomic E-state index is 0.0636. The number of rotatable bonds is 4. The largest absolute Gasteiger partial charge is 0.349 e. The molecule has 110 valence electrons. The Kier molecular flexibility index (Phi) is 5.18. The third-order valence-corrected chi connectivity index (χ3v) is 4.46. The molecule has 2 rings (SSSR count). The second kappa shape index (κ2) is 6.89. The average Bonchev–Trinajstić information content (AvgIpc) is 2.48. The summed E-state index contributed by atoms with van der Waals surface area (Å²) in [7, 11) is 0. The first-order valence-electron chi connectivity index (χ1n) is 7.69. The predicted octanol–water partition coefficient (Wildman–Crippen LogP) is 3.15. The topological polar surface area (TPSA) is 55.1 Å². The van der Waals surface area contributed by atoms with Crippen LogP contribution in [0.4, 0.5) is 0 Å². The van der Waals surface area contributed by atoms with E-state index in [1.165, 1.54) is 12.8 Å². The standard InChI is InChI=1S/C17H26N2O/c1-12-3-7-16(8-4-12)17(20)19-13(2)15-9-5-14(11-18)6-10-15/h5-6,9-10,12-13,16H,3-4,7-8,11,18H2,1-2H3,(H,19,20). The van der Waals surface area contributed by atoms with Crippen molar-refractivity contribution in [3.63, 3.8) is 0 Å². The van der Waals surface area contributed by atoms with Gasteiger partial charge in [0.05, 0.1) is 6.04 Å². The maximum absolute atomic E-state index is 12.3. The van der Waals surface area contributed by atoms with Crippen LogP contribution in [0.15, 0.2) is 24.3 Å². The molecule has 1 aromatic carbocycles. The second-order valence-electron chi connectivity index (χ2n) is 6.13. The van der Waals surface area contributed by atoms with Gasteiger partial charge in [0.1, 0.15) is 0 Å². The predicted molar refractivity (Wildman–Crippen MR) is 82.0 cm³/mol. The molecule has 1 amide bonds. The second-order valence-corrected chi connectivity index (χ2v) is 6.13. The quantitative estimate of drug-likeness (QED) is 0.886. The fourth-order valence-electron chi connectivity index (χ4n) is 2.88. The third-order valence-electron chi connectivity index (χ3n) is 4.46. The van der Waals surface area contributed by atoms with Gasteiger partial charge in [-0.3, -0.25) is 4.79 Å². The fourth-order valence-corrected chi connectivity index (χ4v) is 2.88. The summed E-state index contributed by atoms with van der Waals surface area (Å²) in [6.07, 6.45) is 4.42. The molecule has 1 fully saturated rings. The first kappa shape index (κ1) is 15.0. The van der Waals surface area contributed by atoms with Crippen molar-refractivity contribution in [2.24, 2.45) is 17.6 Å². The Labute approximate surface area is 121 Å². The maximum atomic E-state index is 12.3. The van der Waals surface area contributed by atoms with Crippen molar-refractivity contribution in [1.82, 2.24) is 5.32 Å². The molecule has 3 N–H and O–H groups in total. The normalized spacial score (nSPS) is 24.1. The Morgan fingerprint density at radius 3 is 2.40 bits per heavy atom. The van der Waals surface area contributed by atoms with E-state index in [9.17, 15) is 4.79 Å². The number of hydrogen-bond donors (Lipinski definition) is 2. The molecule has 0 saturated heterocycles. The van der Waals surface area contributed by atoms with Gasteiger partial charge in [-0.05, 0) is 49.7 Å². The lowest BCUT2D eigenvalue weighted by atomic mass is 9.82. The minimum Gasteiger partial charge on any atom is -0.349 e. The van der Waals surface area contributed by atoms with Crippen LogP contribution in [0, 0.1) is 11.8 Å². The first-order valence-corrected chi connectivity index (χ1v) is 7.69. The fraction of sp³-hybridized carbons (Fsp3) is 0.588. The lowest BCUT2D eigenvalue weighted by Gasteiger charge is -2.26. The van der Waals surface area contributed by atoms with Crippen LogP contribution in [-0.4, -0.2) is 5.91 Å². The minimum absolute atomic E-state index is 0.0636. The molecule has 20 heavy (non-hydrogen) atoms. The Bertz CT molecular complexity index is 433. The summed E-state index contributed by atoms with van der Waals surface area (Å²) < 4.78 is 0. The molecule has 0 heterocycles. The summed E-state index contributed by atoms with van der Waals surface area (Å²) in [5.41, 5.74) is 7.85. The molecule has 0 aromatic heterocycles. The number of nitrogens with one attached hydrogen (secondary N) is 1. The van der Waals surface area contributed by atoms with Gasteiger partial charge in [-0.25, -0.2) is 0 Å². The smallest absolute Gasteiger partial charge is 0.223 e. The van der Waals surface area contributed by atoms with Crippen molar-refractivity contribution >= 4 is 5.91 Å². The number of carbonyl (C=O) groups excluding carboxylic acids is 1. The number of amides is 1. The van der Waals surface area contributed by atoms with E-state index >= 15 is 0 Å². The van der Waals surface area contributed by atoms with Crippen molar-refractivity contribution in [2.75, 3.05) is 0 Å². The number of nitrogens with two attached hydrogens (primary N) is 1. The molecule has 1 aliphatic rings. The highest BCUT2D eigenvalue weighted by atomic mass is 16.1. The molecular formula is C17H26N2O. The Hall–Kier alpha value is -1.35. The highest BCUT2D eigenvalue weighted by molar-refractivity contribution is 5.79. The molecule has 1 atom stereocenters. The van der Waals surface area contributed by atoms with Gasteiger partial charge < -0.3 is 11.1 Å². The van der Waals surface area contributed by atoms with Gasteiger partial charge in [-0.2, -0.15) is 0 Å². The van der Waals surface area contributed by atoms with Crippen LogP contribution in [-0.2, 0) is 11.3 Å². The van der Waals surface area contributed by atoms with E-state index in [-0.39, 0.29) is 17.9 Å². The Morgan fingerprint density at radius 2 is 1.85 bits per heavy atom. The molecule has 0 bridgehead atoms. The van der Waals surface area contributed by atoms with Gasteiger partial charge in [0.2, 0.25) is 5.91 Å². The zero-order valence-electron chi connectivity index (χ0n) is 12.6. The molecule has 0 aliphatic heterocycles. The Balaban J connectivity index is 1.89. The monoisotopic (exact) mass is 274 g/mol. The highest BCUT2D eigenvalue weighted by Crippen LogP contribution is 2.28. The molecule has 0 spiro atoms. The molecule has 1 unspecified atom stereocenters. The zero-order chi connectivity index (χ0) is 14.5. The van der Waals surface area contributed by atoms with Gasteiger partial charge in [-0.1, -0.05) is 31.2 Å². The molecule has 1 aromatic rings. The third kappa shape index (κ3) is 3.83. The van der Waals surface area contributed by atoms with Crippen LogP contribution in [0.2, 0.25) is 0 Å². The van der Waals surface area contributed by atoms with Crippen LogP contribution in [0.5, 0.6) is 0 Å². The van der Waals surface area contributed by atoms with Crippen LogP contribution in [0.25, 0.3) is 0 Å². The number of benzene rings is 1. The van der Waals surface area contributed by atoms with Gasteiger partial charge in [0.25, 0.3) is 0 Å². The zero-order valence-corrected chi connectivity index (χ0v) is 12.6. The van der Waals surface area contributed by atoms with Crippen molar-refractivity contribution in [3.8, 4) is 0 Å². The van der Waals surface area contributed by atoms with Crippen LogP contribution < -0.4 is 11.1 Å². The maximum Gasteiger partial charge on any atom is 0.223 e. The van der Waals surface area contributed by atoms with Crippen LogP contribution in [0.3, 0.4) is 0 Å². The Morgan fingerprint density at radius 1 is 1.25 bits per heavy atom. The van der Waals surface area contributed by atoms with Crippen molar-refractivity contribution in [1.29, 1.82) is 0 Å². The summed E-state index contributed by atoms with van der Waals surface area (Å²) in [6, 6.07) is 8.22. The summed E-state index contributed by atoms with van der Waals surface area (Å²) in [4.78, 5) is 12.3. The van der Waals surface area contributed by atoms with Crippen LogP contribution >= 0.6 is 0 Å². The summed E-state index contributed by atoms with van der Waals surface area (Å²) in [5, 5.41) is 3.15. The van der Waals surface area contributed by atoms with E-state index in [1.54, 1.807) is 0 Å². The average molecular weight is 274 g/mol. The lowest BCUT2D eigenvalue weighted by Crippen LogP contribution is -2.34. The molecule has 3 heteroatoms. The van der Waals surface area contributed by atoms with Gasteiger partial charge in [-0.15, -0.1) is 0 Å². The molecular weight excluding hydrogens is 248 g/mol. The van der Waals surface area contributed by atoms with E-state index in [4.69, 9.17) is 5.73 Å². The number of carbonyl (C=O) groups is 1. The molecule has 3 nitrogen and oxygen atoms in total. The van der Waals surface area contributed by atoms with Gasteiger partial charge in [0.15, 0.2) is 0 Å². The van der Waals surface area contributed by atoms with E-state index < -0.39 is 0 Å². The van der Waals surface area contributed by atoms with Crippen LogP contribution in [0.1, 0.15) is 56.7 Å². The van der Waals surface area contributed by atoms with Gasteiger partial charge >= 0.3 is 0 Å². The first-order chi connectivity index (χ1) is 9.60. The highest BCUT2D eigenvalue weighted by Gasteiger charge is 2.25. The number of hydrogen-bond acceptors (Lipinski definition) is 2. The molecule has 1 aliphatic carbocycles. The molecule has 1 saturated carbocycles. The van der Waals surface area contributed by atoms with Gasteiger partial charge in [0, 0.05) is 12.5 Å². The summed E-state index contributed by atoms with van der Waals surface area (Å²) in [5.74, 6) is 1.20. The summed E-state index contributed by atoms with van der Waals surface area (Å²) >= 11 is 0. The van der Waals surface area contributed by atoms with E-state index in [0.29, 0.717) is 6.54 Å². The van der Waals surface area contributed by atoms with E-state index in [2.05, 4.69) is 24.4 Å².